The van der Waals surface area contributed by atoms with Crippen molar-refractivity contribution in [2.24, 2.45) is 5.92 Å². The van der Waals surface area contributed by atoms with E-state index in [-0.39, 0.29) is 31.1 Å². The van der Waals surface area contributed by atoms with Crippen LogP contribution in [0.4, 0.5) is 0 Å². The molecule has 0 aliphatic carbocycles. The fraction of sp³-hybridized carbons (Fsp3) is 0.941. The Balaban J connectivity index is 4.32. The second-order valence-corrected chi connectivity index (χ2v) is 17.7. The lowest BCUT2D eigenvalue weighted by Gasteiger charge is -2.18. The molecule has 1 unspecified atom stereocenters. The summed E-state index contributed by atoms with van der Waals surface area (Å²) in [6, 6.07) is 0. The minimum absolute atomic E-state index is 0.0629. The van der Waals surface area contributed by atoms with Gasteiger partial charge in [0.25, 0.3) is 0 Å². The zero-order chi connectivity index (χ0) is 41.7. The summed E-state index contributed by atoms with van der Waals surface area (Å²) in [6.07, 6.45) is 46.4. The molecule has 2 atom stereocenters. The summed E-state index contributed by atoms with van der Waals surface area (Å²) in [5, 5.41) is 0. The molecule has 6 nitrogen and oxygen atoms in total. The van der Waals surface area contributed by atoms with Crippen LogP contribution in [-0.4, -0.2) is 37.2 Å². The Morgan fingerprint density at radius 3 is 0.912 bits per heavy atom. The van der Waals surface area contributed by atoms with Crippen molar-refractivity contribution >= 4 is 17.9 Å². The molecule has 0 aliphatic heterocycles. The van der Waals surface area contributed by atoms with Gasteiger partial charge in [0.05, 0.1) is 0 Å². The summed E-state index contributed by atoms with van der Waals surface area (Å²) in [7, 11) is 0. The summed E-state index contributed by atoms with van der Waals surface area (Å²) >= 11 is 0. The Hall–Kier alpha value is -1.59. The van der Waals surface area contributed by atoms with Crippen LogP contribution in [-0.2, 0) is 28.6 Å². The molecule has 0 N–H and O–H groups in total. The SMILES string of the molecule is CCCCCCCCCCCCCCCC(=O)O[C@@H](COC(=O)CCCCCCCCCCCCCC)COC(=O)CCCCCCCCCCCCC(C)CC. The van der Waals surface area contributed by atoms with Gasteiger partial charge in [-0.1, -0.05) is 246 Å². The van der Waals surface area contributed by atoms with Gasteiger partial charge in [0.1, 0.15) is 13.2 Å². The van der Waals surface area contributed by atoms with E-state index < -0.39 is 6.10 Å². The van der Waals surface area contributed by atoms with Crippen LogP contribution in [0, 0.1) is 5.92 Å². The maximum Gasteiger partial charge on any atom is 0.306 e. The standard InChI is InChI=1S/C51H98O6/c1-5-8-10-12-14-16-18-20-22-28-32-36-40-44-51(54)57-48(45-55-49(52)42-38-34-30-26-21-19-17-15-13-11-9-6-2)46-56-50(53)43-39-35-31-27-24-23-25-29-33-37-41-47(4)7-3/h47-48H,5-46H2,1-4H3/t47?,48-/m0/s1. The molecule has 0 bridgehead atoms. The Kier molecular flexibility index (Phi) is 44.2. The Morgan fingerprint density at radius 2 is 0.614 bits per heavy atom. The molecule has 0 amide bonds. The van der Waals surface area contributed by atoms with Crippen molar-refractivity contribution in [2.75, 3.05) is 13.2 Å². The Bertz CT molecular complexity index is 859. The van der Waals surface area contributed by atoms with Crippen LogP contribution >= 0.6 is 0 Å². The van der Waals surface area contributed by atoms with Crippen molar-refractivity contribution < 1.29 is 28.6 Å². The molecule has 0 saturated carbocycles. The maximum absolute atomic E-state index is 12.8. The fourth-order valence-electron chi connectivity index (χ4n) is 7.66. The van der Waals surface area contributed by atoms with E-state index in [0.29, 0.717) is 19.3 Å². The van der Waals surface area contributed by atoms with Crippen LogP contribution in [0.5, 0.6) is 0 Å². The summed E-state index contributed by atoms with van der Waals surface area (Å²) in [4.78, 5) is 37.9. The topological polar surface area (TPSA) is 78.9 Å². The van der Waals surface area contributed by atoms with Gasteiger partial charge >= 0.3 is 17.9 Å². The van der Waals surface area contributed by atoms with Gasteiger partial charge in [-0.3, -0.25) is 14.4 Å². The zero-order valence-corrected chi connectivity index (χ0v) is 38.8. The van der Waals surface area contributed by atoms with Crippen molar-refractivity contribution in [1.82, 2.24) is 0 Å². The molecule has 0 radical (unpaired) electrons. The lowest BCUT2D eigenvalue weighted by Crippen LogP contribution is -2.30. The minimum atomic E-state index is -0.760. The summed E-state index contributed by atoms with van der Waals surface area (Å²) in [5.74, 6) is 0.0239. The van der Waals surface area contributed by atoms with Gasteiger partial charge in [-0.05, 0) is 25.2 Å². The Morgan fingerprint density at radius 1 is 0.351 bits per heavy atom. The monoisotopic (exact) mass is 807 g/mol. The minimum Gasteiger partial charge on any atom is -0.462 e. The molecule has 0 heterocycles. The van der Waals surface area contributed by atoms with Crippen LogP contribution < -0.4 is 0 Å². The van der Waals surface area contributed by atoms with E-state index >= 15 is 0 Å². The molecule has 0 rings (SSSR count). The first-order valence-electron chi connectivity index (χ1n) is 25.4. The van der Waals surface area contributed by atoms with E-state index in [0.717, 1.165) is 63.7 Å². The van der Waals surface area contributed by atoms with Crippen molar-refractivity contribution in [3.63, 3.8) is 0 Å². The smallest absolute Gasteiger partial charge is 0.306 e. The van der Waals surface area contributed by atoms with E-state index in [1.807, 2.05) is 0 Å². The van der Waals surface area contributed by atoms with Crippen LogP contribution in [0.1, 0.15) is 285 Å². The first kappa shape index (κ1) is 55.4. The third-order valence-corrected chi connectivity index (χ3v) is 11.9. The average Bonchev–Trinajstić information content (AvgIpc) is 3.21. The van der Waals surface area contributed by atoms with Gasteiger partial charge in [-0.25, -0.2) is 0 Å². The fourth-order valence-corrected chi connectivity index (χ4v) is 7.66. The van der Waals surface area contributed by atoms with Crippen molar-refractivity contribution in [3.8, 4) is 0 Å². The van der Waals surface area contributed by atoms with E-state index in [9.17, 15) is 14.4 Å². The highest BCUT2D eigenvalue weighted by atomic mass is 16.6. The Labute approximate surface area is 355 Å². The van der Waals surface area contributed by atoms with E-state index in [1.165, 1.54) is 180 Å². The van der Waals surface area contributed by atoms with Crippen LogP contribution in [0.15, 0.2) is 0 Å². The summed E-state index contributed by atoms with van der Waals surface area (Å²) in [6.45, 7) is 9.04. The molecule has 0 fully saturated rings. The van der Waals surface area contributed by atoms with Gasteiger partial charge in [-0.2, -0.15) is 0 Å². The number of hydrogen-bond donors (Lipinski definition) is 0. The molecule has 0 aromatic rings. The van der Waals surface area contributed by atoms with E-state index in [4.69, 9.17) is 14.2 Å². The maximum atomic E-state index is 12.8. The second kappa shape index (κ2) is 45.5. The highest BCUT2D eigenvalue weighted by Gasteiger charge is 2.19. The molecule has 57 heavy (non-hydrogen) atoms. The number of esters is 3. The van der Waals surface area contributed by atoms with Crippen molar-refractivity contribution in [1.29, 1.82) is 0 Å². The van der Waals surface area contributed by atoms with Crippen LogP contribution in [0.25, 0.3) is 0 Å². The number of ether oxygens (including phenoxy) is 3. The van der Waals surface area contributed by atoms with Crippen molar-refractivity contribution in [3.05, 3.63) is 0 Å². The first-order valence-corrected chi connectivity index (χ1v) is 25.4. The largest absolute Gasteiger partial charge is 0.462 e. The van der Waals surface area contributed by atoms with Gasteiger partial charge in [0.2, 0.25) is 0 Å². The predicted molar refractivity (Wildman–Crippen MR) is 243 cm³/mol. The molecule has 0 spiro atoms. The molecule has 0 aromatic carbocycles. The van der Waals surface area contributed by atoms with Gasteiger partial charge in [-0.15, -0.1) is 0 Å². The number of carbonyl (C=O) groups excluding carboxylic acids is 3. The van der Waals surface area contributed by atoms with Gasteiger partial charge in [0, 0.05) is 19.3 Å². The predicted octanol–water partition coefficient (Wildman–Crippen LogP) is 16.3. The molecule has 0 saturated heterocycles. The molecule has 0 aromatic heterocycles. The average molecular weight is 807 g/mol. The number of hydrogen-bond acceptors (Lipinski definition) is 6. The van der Waals surface area contributed by atoms with Gasteiger partial charge < -0.3 is 14.2 Å². The highest BCUT2D eigenvalue weighted by molar-refractivity contribution is 5.71. The van der Waals surface area contributed by atoms with Gasteiger partial charge in [0.15, 0.2) is 6.10 Å². The highest BCUT2D eigenvalue weighted by Crippen LogP contribution is 2.17. The molecule has 6 heteroatoms. The quantitative estimate of drug-likeness (QED) is 0.0346. The number of rotatable bonds is 46. The zero-order valence-electron chi connectivity index (χ0n) is 38.8. The molecule has 338 valence electrons. The third kappa shape index (κ3) is 43.8. The molecular weight excluding hydrogens is 709 g/mol. The normalized spacial score (nSPS) is 12.4. The van der Waals surface area contributed by atoms with Crippen LogP contribution in [0.2, 0.25) is 0 Å². The number of unbranched alkanes of at least 4 members (excludes halogenated alkanes) is 32. The lowest BCUT2D eigenvalue weighted by atomic mass is 9.99. The van der Waals surface area contributed by atoms with Crippen molar-refractivity contribution in [2.45, 2.75) is 291 Å². The third-order valence-electron chi connectivity index (χ3n) is 11.9. The van der Waals surface area contributed by atoms with E-state index in [2.05, 4.69) is 27.7 Å². The molecular formula is C51H98O6. The van der Waals surface area contributed by atoms with E-state index in [1.54, 1.807) is 0 Å². The first-order chi connectivity index (χ1) is 27.9. The summed E-state index contributed by atoms with van der Waals surface area (Å²) < 4.78 is 16.8. The molecule has 0 aliphatic rings. The number of carbonyl (C=O) groups is 3. The van der Waals surface area contributed by atoms with Crippen LogP contribution in [0.3, 0.4) is 0 Å². The summed E-state index contributed by atoms with van der Waals surface area (Å²) in [5.41, 5.74) is 0. The lowest BCUT2D eigenvalue weighted by molar-refractivity contribution is -0.167. The second-order valence-electron chi connectivity index (χ2n) is 17.7.